The summed E-state index contributed by atoms with van der Waals surface area (Å²) in [6, 6.07) is 20.0. The molecule has 0 aliphatic carbocycles. The molecule has 0 heterocycles. The van der Waals surface area contributed by atoms with E-state index < -0.39 is 0 Å². The molecule has 0 spiro atoms. The summed E-state index contributed by atoms with van der Waals surface area (Å²) < 4.78 is 0. The van der Waals surface area contributed by atoms with Gasteiger partial charge in [-0.05, 0) is 42.3 Å². The molecule has 0 fully saturated rings. The van der Waals surface area contributed by atoms with Crippen molar-refractivity contribution in [2.45, 2.75) is 12.8 Å². The van der Waals surface area contributed by atoms with Gasteiger partial charge in [-0.1, -0.05) is 71.2 Å². The fourth-order valence-electron chi connectivity index (χ4n) is 2.83. The van der Waals surface area contributed by atoms with Crippen LogP contribution in [-0.4, -0.2) is 18.4 Å². The second-order valence-corrected chi connectivity index (χ2v) is 7.98. The summed E-state index contributed by atoms with van der Waals surface area (Å²) in [6.07, 6.45) is 1.05. The Bertz CT molecular complexity index is 1070. The molecule has 0 atom stereocenters. The zero-order valence-corrected chi connectivity index (χ0v) is 18.7. The van der Waals surface area contributed by atoms with Gasteiger partial charge in [0, 0.05) is 17.8 Å². The SMILES string of the molecule is O=C(CCc1ccccc1)Nc1cccc(NCC(=O)Nc2cc(Cl)c(Cl)cc2Cl)c1. The maximum absolute atomic E-state index is 12.2. The van der Waals surface area contributed by atoms with Crippen molar-refractivity contribution in [1.82, 2.24) is 0 Å². The van der Waals surface area contributed by atoms with Crippen LogP contribution in [0.3, 0.4) is 0 Å². The van der Waals surface area contributed by atoms with Gasteiger partial charge in [0.25, 0.3) is 0 Å². The number of anilines is 3. The molecule has 2 amide bonds. The molecule has 0 bridgehead atoms. The largest absolute Gasteiger partial charge is 0.376 e. The zero-order valence-electron chi connectivity index (χ0n) is 16.4. The monoisotopic (exact) mass is 475 g/mol. The lowest BCUT2D eigenvalue weighted by Gasteiger charge is -2.11. The van der Waals surface area contributed by atoms with Crippen LogP contribution in [0.5, 0.6) is 0 Å². The van der Waals surface area contributed by atoms with E-state index in [9.17, 15) is 9.59 Å². The number of benzene rings is 3. The normalized spacial score (nSPS) is 10.4. The summed E-state index contributed by atoms with van der Waals surface area (Å²) in [5.41, 5.74) is 2.83. The van der Waals surface area contributed by atoms with Gasteiger partial charge >= 0.3 is 0 Å². The predicted molar refractivity (Wildman–Crippen MR) is 128 cm³/mol. The highest BCUT2D eigenvalue weighted by Gasteiger charge is 2.10. The first-order valence-corrected chi connectivity index (χ1v) is 10.7. The number of hydrogen-bond acceptors (Lipinski definition) is 3. The van der Waals surface area contributed by atoms with Gasteiger partial charge in [0.2, 0.25) is 11.8 Å². The van der Waals surface area contributed by atoms with Gasteiger partial charge in [0.05, 0.1) is 27.3 Å². The number of aryl methyl sites for hydroxylation is 1. The second kappa shape index (κ2) is 11.0. The van der Waals surface area contributed by atoms with E-state index in [0.29, 0.717) is 45.0 Å². The highest BCUT2D eigenvalue weighted by molar-refractivity contribution is 6.44. The molecule has 0 aliphatic heterocycles. The average Bonchev–Trinajstić information content (AvgIpc) is 2.76. The van der Waals surface area contributed by atoms with Crippen LogP contribution in [-0.2, 0) is 16.0 Å². The van der Waals surface area contributed by atoms with Crippen LogP contribution >= 0.6 is 34.8 Å². The summed E-state index contributed by atoms with van der Waals surface area (Å²) in [5, 5.41) is 9.47. The Kier molecular flexibility index (Phi) is 8.18. The van der Waals surface area contributed by atoms with Gasteiger partial charge in [-0.3, -0.25) is 9.59 Å². The maximum Gasteiger partial charge on any atom is 0.243 e. The fraction of sp³-hybridized carbons (Fsp3) is 0.130. The minimum absolute atomic E-state index is 0.00197. The summed E-state index contributed by atoms with van der Waals surface area (Å²) in [6.45, 7) is 0.00197. The molecule has 160 valence electrons. The molecular weight excluding hydrogens is 457 g/mol. The van der Waals surface area contributed by atoms with E-state index in [1.165, 1.54) is 12.1 Å². The number of amides is 2. The van der Waals surface area contributed by atoms with Gasteiger partial charge in [0.15, 0.2) is 0 Å². The third-order valence-corrected chi connectivity index (χ3v) is 5.40. The van der Waals surface area contributed by atoms with Gasteiger partial charge in [-0.2, -0.15) is 0 Å². The molecule has 5 nitrogen and oxygen atoms in total. The van der Waals surface area contributed by atoms with Crippen LogP contribution < -0.4 is 16.0 Å². The van der Waals surface area contributed by atoms with Crippen LogP contribution in [0, 0.1) is 0 Å². The number of nitrogens with one attached hydrogen (secondary N) is 3. The Morgan fingerprint density at radius 2 is 1.42 bits per heavy atom. The summed E-state index contributed by atoms with van der Waals surface area (Å²) in [7, 11) is 0. The van der Waals surface area contributed by atoms with Crippen molar-refractivity contribution in [2.24, 2.45) is 0 Å². The van der Waals surface area contributed by atoms with E-state index >= 15 is 0 Å². The molecule has 3 aromatic carbocycles. The standard InChI is InChI=1S/C23H20Cl3N3O2/c24-18-12-20(26)21(13-19(18)25)29-23(31)14-27-16-7-4-8-17(11-16)28-22(30)10-9-15-5-2-1-3-6-15/h1-8,11-13,27H,9-10,14H2,(H,28,30)(H,29,31). The van der Waals surface area contributed by atoms with Crippen molar-refractivity contribution in [3.05, 3.63) is 87.4 Å². The van der Waals surface area contributed by atoms with Gasteiger partial charge in [-0.25, -0.2) is 0 Å². The third kappa shape index (κ3) is 7.17. The maximum atomic E-state index is 12.2. The Morgan fingerprint density at radius 3 is 2.19 bits per heavy atom. The van der Waals surface area contributed by atoms with Crippen molar-refractivity contribution >= 4 is 63.7 Å². The van der Waals surface area contributed by atoms with Crippen molar-refractivity contribution in [1.29, 1.82) is 0 Å². The minimum atomic E-state index is -0.308. The molecule has 8 heteroatoms. The van der Waals surface area contributed by atoms with E-state index in [0.717, 1.165) is 5.56 Å². The molecule has 0 saturated carbocycles. The van der Waals surface area contributed by atoms with E-state index in [1.807, 2.05) is 30.3 Å². The highest BCUT2D eigenvalue weighted by Crippen LogP contribution is 2.32. The molecular formula is C23H20Cl3N3O2. The minimum Gasteiger partial charge on any atom is -0.376 e. The van der Waals surface area contributed by atoms with Crippen molar-refractivity contribution in [3.8, 4) is 0 Å². The van der Waals surface area contributed by atoms with Crippen molar-refractivity contribution in [2.75, 3.05) is 22.5 Å². The molecule has 0 aromatic heterocycles. The third-order valence-electron chi connectivity index (χ3n) is 4.37. The molecule has 3 aromatic rings. The molecule has 3 rings (SSSR count). The lowest BCUT2D eigenvalue weighted by molar-refractivity contribution is -0.116. The summed E-state index contributed by atoms with van der Waals surface area (Å²) >= 11 is 17.9. The Balaban J connectivity index is 1.50. The summed E-state index contributed by atoms with van der Waals surface area (Å²) in [5.74, 6) is -0.384. The topological polar surface area (TPSA) is 70.2 Å². The Hall–Kier alpha value is -2.73. The van der Waals surface area contributed by atoms with Gasteiger partial charge in [0.1, 0.15) is 0 Å². The first-order valence-electron chi connectivity index (χ1n) is 9.53. The number of hydrogen-bond donors (Lipinski definition) is 3. The number of carbonyl (C=O) groups excluding carboxylic acids is 2. The first kappa shape index (κ1) is 22.9. The van der Waals surface area contributed by atoms with Crippen molar-refractivity contribution < 1.29 is 9.59 Å². The Morgan fingerprint density at radius 1 is 0.710 bits per heavy atom. The second-order valence-electron chi connectivity index (χ2n) is 6.76. The Labute approximate surface area is 195 Å². The van der Waals surface area contributed by atoms with Crippen LogP contribution in [0.15, 0.2) is 66.7 Å². The fourth-order valence-corrected chi connectivity index (χ4v) is 3.42. The van der Waals surface area contributed by atoms with Crippen LogP contribution in [0.25, 0.3) is 0 Å². The summed E-state index contributed by atoms with van der Waals surface area (Å²) in [4.78, 5) is 24.5. The van der Waals surface area contributed by atoms with Gasteiger partial charge < -0.3 is 16.0 Å². The lowest BCUT2D eigenvalue weighted by atomic mass is 10.1. The molecule has 0 radical (unpaired) electrons. The number of halogens is 3. The van der Waals surface area contributed by atoms with Gasteiger partial charge in [-0.15, -0.1) is 0 Å². The average molecular weight is 477 g/mol. The van der Waals surface area contributed by atoms with E-state index in [-0.39, 0.29) is 18.4 Å². The van der Waals surface area contributed by atoms with Crippen LogP contribution in [0.4, 0.5) is 17.1 Å². The van der Waals surface area contributed by atoms with Crippen molar-refractivity contribution in [3.63, 3.8) is 0 Å². The van der Waals surface area contributed by atoms with E-state index in [2.05, 4.69) is 16.0 Å². The molecule has 0 aliphatic rings. The smallest absolute Gasteiger partial charge is 0.243 e. The zero-order chi connectivity index (χ0) is 22.2. The molecule has 3 N–H and O–H groups in total. The van der Waals surface area contributed by atoms with E-state index in [4.69, 9.17) is 34.8 Å². The quantitative estimate of drug-likeness (QED) is 0.336. The number of rotatable bonds is 8. The highest BCUT2D eigenvalue weighted by atomic mass is 35.5. The van der Waals surface area contributed by atoms with Crippen LogP contribution in [0.2, 0.25) is 15.1 Å². The lowest BCUT2D eigenvalue weighted by Crippen LogP contribution is -2.22. The first-order chi connectivity index (χ1) is 14.9. The number of carbonyl (C=O) groups is 2. The molecule has 31 heavy (non-hydrogen) atoms. The van der Waals surface area contributed by atoms with Crippen LogP contribution in [0.1, 0.15) is 12.0 Å². The molecule has 0 unspecified atom stereocenters. The van der Waals surface area contributed by atoms with E-state index in [1.54, 1.807) is 24.3 Å². The predicted octanol–water partition coefficient (Wildman–Crippen LogP) is 6.27. The molecule has 0 saturated heterocycles.